The molecule has 0 saturated carbocycles. The lowest BCUT2D eigenvalue weighted by Crippen LogP contribution is -2.29. The van der Waals surface area contributed by atoms with Crippen LogP contribution in [0.2, 0.25) is 0 Å². The zero-order valence-corrected chi connectivity index (χ0v) is 10.4. The smallest absolute Gasteiger partial charge is 0.319 e. The number of unbranched alkanes of at least 4 members (excludes halogenated alkanes) is 1. The monoisotopic (exact) mass is 290 g/mol. The predicted octanol–water partition coefficient (Wildman–Crippen LogP) is 2.48. The van der Waals surface area contributed by atoms with E-state index >= 15 is 0 Å². The summed E-state index contributed by atoms with van der Waals surface area (Å²) in [4.78, 5) is 21.6. The molecule has 0 aliphatic carbocycles. The molecule has 0 unspecified atom stereocenters. The van der Waals surface area contributed by atoms with Crippen molar-refractivity contribution in [1.29, 1.82) is 0 Å². The Morgan fingerprint density at radius 3 is 2.25 bits per heavy atom. The van der Waals surface area contributed by atoms with Gasteiger partial charge in [-0.3, -0.25) is 4.79 Å². The Labute approximate surface area is 112 Å². The number of carbonyl (C=O) groups is 2. The maximum atomic E-state index is 12.9. The number of nitrogens with one attached hydrogen (secondary N) is 2. The molecule has 0 heterocycles. The van der Waals surface area contributed by atoms with E-state index in [0.717, 1.165) is 0 Å². The van der Waals surface area contributed by atoms with Gasteiger partial charge >= 0.3 is 12.0 Å². The molecule has 0 aliphatic heterocycles. The topological polar surface area (TPSA) is 78.4 Å². The van der Waals surface area contributed by atoms with Crippen LogP contribution < -0.4 is 10.6 Å². The molecule has 1 rings (SSSR count). The van der Waals surface area contributed by atoms with Gasteiger partial charge in [-0.2, -0.15) is 0 Å². The van der Waals surface area contributed by atoms with E-state index in [-0.39, 0.29) is 18.7 Å². The average Bonchev–Trinajstić information content (AvgIpc) is 2.35. The Morgan fingerprint density at radius 2 is 1.70 bits per heavy atom. The quantitative estimate of drug-likeness (QED) is 0.556. The summed E-state index contributed by atoms with van der Waals surface area (Å²) >= 11 is 0. The van der Waals surface area contributed by atoms with Gasteiger partial charge in [-0.1, -0.05) is 0 Å². The standard InChI is InChI=1S/C12H13F3N2O3/c13-8-5-7(6-9(14)11(8)15)17-12(20)16-4-2-1-3-10(18)19/h5-6H,1-4H2,(H,18,19)(H2,16,17,20). The molecule has 1 aromatic rings. The van der Waals surface area contributed by atoms with Crippen LogP contribution >= 0.6 is 0 Å². The van der Waals surface area contributed by atoms with Crippen LogP contribution in [0.5, 0.6) is 0 Å². The minimum absolute atomic E-state index is 0.00230. The molecule has 8 heteroatoms. The first-order valence-corrected chi connectivity index (χ1v) is 5.81. The van der Waals surface area contributed by atoms with Gasteiger partial charge in [0, 0.05) is 30.8 Å². The van der Waals surface area contributed by atoms with Gasteiger partial charge in [0.05, 0.1) is 0 Å². The van der Waals surface area contributed by atoms with Crippen LogP contribution in [0.25, 0.3) is 0 Å². The molecule has 5 nitrogen and oxygen atoms in total. The van der Waals surface area contributed by atoms with E-state index in [1.54, 1.807) is 0 Å². The molecule has 0 fully saturated rings. The van der Waals surface area contributed by atoms with E-state index in [4.69, 9.17) is 5.11 Å². The third-order valence-corrected chi connectivity index (χ3v) is 2.34. The lowest BCUT2D eigenvalue weighted by molar-refractivity contribution is -0.137. The lowest BCUT2D eigenvalue weighted by Gasteiger charge is -2.08. The second kappa shape index (κ2) is 7.37. The number of aliphatic carboxylic acids is 1. The maximum absolute atomic E-state index is 12.9. The first kappa shape index (κ1) is 15.8. The van der Waals surface area contributed by atoms with Crippen molar-refractivity contribution in [3.8, 4) is 0 Å². The molecular formula is C12H13F3N2O3. The molecule has 0 spiro atoms. The minimum Gasteiger partial charge on any atom is -0.481 e. The van der Waals surface area contributed by atoms with Crippen LogP contribution in [0.1, 0.15) is 19.3 Å². The number of urea groups is 1. The molecule has 1 aromatic carbocycles. The van der Waals surface area contributed by atoms with E-state index in [1.807, 2.05) is 0 Å². The highest BCUT2D eigenvalue weighted by molar-refractivity contribution is 5.89. The molecule has 110 valence electrons. The van der Waals surface area contributed by atoms with Crippen LogP contribution in [-0.4, -0.2) is 23.7 Å². The van der Waals surface area contributed by atoms with Gasteiger partial charge in [0.25, 0.3) is 0 Å². The summed E-state index contributed by atoms with van der Waals surface area (Å²) in [5, 5.41) is 12.9. The fourth-order valence-corrected chi connectivity index (χ4v) is 1.41. The molecule has 3 N–H and O–H groups in total. The number of amides is 2. The normalized spacial score (nSPS) is 10.2. The number of benzene rings is 1. The van der Waals surface area contributed by atoms with Crippen molar-refractivity contribution in [3.63, 3.8) is 0 Å². The molecule has 0 bridgehead atoms. The summed E-state index contributed by atoms with van der Waals surface area (Å²) in [7, 11) is 0. The van der Waals surface area contributed by atoms with Crippen molar-refractivity contribution in [2.75, 3.05) is 11.9 Å². The highest BCUT2D eigenvalue weighted by Gasteiger charge is 2.11. The fourth-order valence-electron chi connectivity index (χ4n) is 1.41. The van der Waals surface area contributed by atoms with Crippen molar-refractivity contribution in [2.24, 2.45) is 0 Å². The maximum Gasteiger partial charge on any atom is 0.319 e. The van der Waals surface area contributed by atoms with Gasteiger partial charge in [-0.05, 0) is 12.8 Å². The summed E-state index contributed by atoms with van der Waals surface area (Å²) in [6.45, 7) is 0.214. The van der Waals surface area contributed by atoms with E-state index in [2.05, 4.69) is 10.6 Å². The number of carboxylic acid groups (broad SMARTS) is 1. The Morgan fingerprint density at radius 1 is 1.10 bits per heavy atom. The van der Waals surface area contributed by atoms with Crippen LogP contribution in [0.4, 0.5) is 23.7 Å². The summed E-state index contributed by atoms with van der Waals surface area (Å²) in [5.41, 5.74) is -0.218. The zero-order chi connectivity index (χ0) is 15.1. The highest BCUT2D eigenvalue weighted by atomic mass is 19.2. The molecule has 0 aromatic heterocycles. The highest BCUT2D eigenvalue weighted by Crippen LogP contribution is 2.17. The Balaban J connectivity index is 2.37. The molecule has 20 heavy (non-hydrogen) atoms. The second-order valence-electron chi connectivity index (χ2n) is 3.99. The fraction of sp³-hybridized carbons (Fsp3) is 0.333. The first-order chi connectivity index (χ1) is 9.40. The Bertz CT molecular complexity index is 486. The predicted molar refractivity (Wildman–Crippen MR) is 64.8 cm³/mol. The van der Waals surface area contributed by atoms with E-state index < -0.39 is 29.5 Å². The number of hydrogen-bond acceptors (Lipinski definition) is 2. The average molecular weight is 290 g/mol. The number of carboxylic acids is 1. The van der Waals surface area contributed by atoms with Gasteiger partial charge < -0.3 is 15.7 Å². The lowest BCUT2D eigenvalue weighted by atomic mass is 10.2. The zero-order valence-electron chi connectivity index (χ0n) is 10.4. The van der Waals surface area contributed by atoms with Crippen molar-refractivity contribution < 1.29 is 27.9 Å². The summed E-state index contributed by atoms with van der Waals surface area (Å²) in [5.74, 6) is -5.33. The second-order valence-corrected chi connectivity index (χ2v) is 3.99. The van der Waals surface area contributed by atoms with Gasteiger partial charge in [0.1, 0.15) is 0 Å². The van der Waals surface area contributed by atoms with Crippen LogP contribution in [0.3, 0.4) is 0 Å². The van der Waals surface area contributed by atoms with Gasteiger partial charge in [-0.25, -0.2) is 18.0 Å². The number of rotatable bonds is 6. The molecule has 0 saturated heterocycles. The minimum atomic E-state index is -1.61. The molecule has 2 amide bonds. The van der Waals surface area contributed by atoms with Crippen molar-refractivity contribution in [1.82, 2.24) is 5.32 Å². The summed E-state index contributed by atoms with van der Waals surface area (Å²) < 4.78 is 38.4. The van der Waals surface area contributed by atoms with Crippen LogP contribution in [0.15, 0.2) is 12.1 Å². The third-order valence-electron chi connectivity index (χ3n) is 2.34. The Hall–Kier alpha value is -2.25. The molecule has 0 atom stereocenters. The van der Waals surface area contributed by atoms with Crippen LogP contribution in [-0.2, 0) is 4.79 Å². The van der Waals surface area contributed by atoms with Crippen LogP contribution in [0, 0.1) is 17.5 Å². The number of anilines is 1. The van der Waals surface area contributed by atoms with Crippen molar-refractivity contribution in [2.45, 2.75) is 19.3 Å². The number of hydrogen-bond donors (Lipinski definition) is 3. The Kier molecular flexibility index (Phi) is 5.82. The van der Waals surface area contributed by atoms with Gasteiger partial charge in [-0.15, -0.1) is 0 Å². The van der Waals surface area contributed by atoms with E-state index in [1.165, 1.54) is 0 Å². The molecule has 0 aliphatic rings. The van der Waals surface area contributed by atoms with Gasteiger partial charge in [0.2, 0.25) is 0 Å². The van der Waals surface area contributed by atoms with Gasteiger partial charge in [0.15, 0.2) is 17.5 Å². The van der Waals surface area contributed by atoms with Crippen molar-refractivity contribution in [3.05, 3.63) is 29.6 Å². The largest absolute Gasteiger partial charge is 0.481 e. The molecule has 0 radical (unpaired) electrons. The first-order valence-electron chi connectivity index (χ1n) is 5.81. The molecular weight excluding hydrogens is 277 g/mol. The number of halogens is 3. The third kappa shape index (κ3) is 5.17. The summed E-state index contributed by atoms with van der Waals surface area (Å²) in [6, 6.07) is 0.593. The number of carbonyl (C=O) groups excluding carboxylic acids is 1. The van der Waals surface area contributed by atoms with E-state index in [9.17, 15) is 22.8 Å². The SMILES string of the molecule is O=C(O)CCCCNC(=O)Nc1cc(F)c(F)c(F)c1. The van der Waals surface area contributed by atoms with Crippen molar-refractivity contribution >= 4 is 17.7 Å². The van der Waals surface area contributed by atoms with E-state index in [0.29, 0.717) is 25.0 Å². The summed E-state index contributed by atoms with van der Waals surface area (Å²) in [6.07, 6.45) is 0.846.